The monoisotopic (exact) mass is 448 g/mol. The Kier molecular flexibility index (Phi) is 9.94. The van der Waals surface area contributed by atoms with Crippen molar-refractivity contribution in [1.82, 2.24) is 0 Å². The van der Waals surface area contributed by atoms with Gasteiger partial charge in [-0.2, -0.15) is 0 Å². The number of quaternary nitrogens is 2. The highest BCUT2D eigenvalue weighted by Crippen LogP contribution is 2.23. The van der Waals surface area contributed by atoms with Crippen LogP contribution >= 0.6 is 0 Å². The number of nitrogens with zero attached hydrogens (tertiary/aromatic N) is 2. The van der Waals surface area contributed by atoms with E-state index in [0.717, 1.165) is 6.92 Å². The maximum Gasteiger partial charge on any atom is 0.147 e. The Morgan fingerprint density at radius 2 is 1.00 bits per heavy atom. The van der Waals surface area contributed by atoms with Crippen LogP contribution in [0.25, 0.3) is 0 Å². The van der Waals surface area contributed by atoms with Crippen LogP contribution in [0.3, 0.4) is 0 Å². The molecule has 0 radical (unpaired) electrons. The number of Topliss-reactive ketones (excluding diaryl/α,β-unsaturated/α-hetero) is 2. The number of rotatable bonds is 14. The molecule has 0 saturated carbocycles. The zero-order valence-electron chi connectivity index (χ0n) is 19.3. The first-order chi connectivity index (χ1) is 13.7. The van der Waals surface area contributed by atoms with E-state index in [1.54, 1.807) is 42.3 Å². The second-order valence-electron chi connectivity index (χ2n) is 10.5. The molecule has 0 amide bonds. The largest absolute Gasteiger partial charge is 0.549 e. The third-order valence-corrected chi connectivity index (χ3v) is 4.55. The van der Waals surface area contributed by atoms with Crippen LogP contribution in [0.4, 0.5) is 0 Å². The molecule has 180 valence electrons. The van der Waals surface area contributed by atoms with Crippen LogP contribution in [-0.4, -0.2) is 121 Å². The van der Waals surface area contributed by atoms with Crippen molar-refractivity contribution < 1.29 is 53.7 Å². The minimum Gasteiger partial charge on any atom is -0.549 e. The highest BCUT2D eigenvalue weighted by atomic mass is 16.4. The molecule has 11 nitrogen and oxygen atoms in total. The van der Waals surface area contributed by atoms with Gasteiger partial charge in [-0.15, -0.1) is 0 Å². The summed E-state index contributed by atoms with van der Waals surface area (Å²) in [6.45, 7) is 0.894. The second-order valence-corrected chi connectivity index (χ2v) is 10.5. The molecule has 0 aliphatic carbocycles. The number of aliphatic carboxylic acids is 2. The van der Waals surface area contributed by atoms with Crippen molar-refractivity contribution in [3.8, 4) is 0 Å². The fourth-order valence-electron chi connectivity index (χ4n) is 3.37. The summed E-state index contributed by atoms with van der Waals surface area (Å²) in [6.07, 6.45) is -4.86. The van der Waals surface area contributed by atoms with Gasteiger partial charge in [-0.05, 0) is 6.92 Å². The number of ketones is 2. The van der Waals surface area contributed by atoms with Crippen LogP contribution in [0.2, 0.25) is 0 Å². The molecule has 0 rings (SSSR count). The molecule has 4 unspecified atom stereocenters. The van der Waals surface area contributed by atoms with Crippen LogP contribution in [0.5, 0.6) is 0 Å². The number of carboxylic acids is 2. The average Bonchev–Trinajstić information content (AvgIpc) is 2.39. The molecular formula is C20H36N2O9. The first-order valence-corrected chi connectivity index (χ1v) is 9.83. The van der Waals surface area contributed by atoms with Crippen molar-refractivity contribution in [2.75, 3.05) is 55.4 Å². The van der Waals surface area contributed by atoms with Crippen LogP contribution in [0.1, 0.15) is 19.8 Å². The molecule has 11 heteroatoms. The summed E-state index contributed by atoms with van der Waals surface area (Å²) in [5, 5.41) is 53.7. The molecule has 0 aromatic rings. The molecule has 0 aliphatic heterocycles. The smallest absolute Gasteiger partial charge is 0.147 e. The predicted octanol–water partition coefficient (Wildman–Crippen LogP) is -4.48. The minimum atomic E-state index is -2.11. The molecule has 0 bridgehead atoms. The van der Waals surface area contributed by atoms with Gasteiger partial charge >= 0.3 is 0 Å². The Labute approximate surface area is 182 Å². The molecule has 0 aliphatic rings. The van der Waals surface area contributed by atoms with Crippen molar-refractivity contribution in [3.63, 3.8) is 0 Å². The van der Waals surface area contributed by atoms with Gasteiger partial charge in [0.25, 0.3) is 0 Å². The Balaban J connectivity index is 5.44. The Hall–Kier alpha value is -1.92. The quantitative estimate of drug-likeness (QED) is 0.175. The van der Waals surface area contributed by atoms with E-state index >= 15 is 0 Å². The lowest BCUT2D eigenvalue weighted by molar-refractivity contribution is -0.873. The molecule has 0 aromatic heterocycles. The fourth-order valence-corrected chi connectivity index (χ4v) is 3.37. The second kappa shape index (κ2) is 10.6. The van der Waals surface area contributed by atoms with E-state index in [2.05, 4.69) is 0 Å². The normalized spacial score (nSPS) is 18.4. The van der Waals surface area contributed by atoms with E-state index in [1.165, 1.54) is 0 Å². The van der Waals surface area contributed by atoms with Gasteiger partial charge in [0.2, 0.25) is 0 Å². The average molecular weight is 449 g/mol. The van der Waals surface area contributed by atoms with Gasteiger partial charge in [0.15, 0.2) is 0 Å². The summed E-state index contributed by atoms with van der Waals surface area (Å²) in [7, 11) is 10.1. The third kappa shape index (κ3) is 10.8. The first-order valence-electron chi connectivity index (χ1n) is 9.83. The fraction of sp³-hybridized carbons (Fsp3) is 0.800. The summed E-state index contributed by atoms with van der Waals surface area (Å²) in [4.78, 5) is 47.8. The van der Waals surface area contributed by atoms with Gasteiger partial charge in [-0.3, -0.25) is 9.59 Å². The topological polar surface area (TPSA) is 175 Å². The van der Waals surface area contributed by atoms with Crippen LogP contribution < -0.4 is 10.2 Å². The Morgan fingerprint density at radius 3 is 1.19 bits per heavy atom. The van der Waals surface area contributed by atoms with Gasteiger partial charge < -0.3 is 44.1 Å². The summed E-state index contributed by atoms with van der Waals surface area (Å²) in [6, 6.07) is 0. The molecule has 0 fully saturated rings. The molecular weight excluding hydrogens is 412 g/mol. The zero-order chi connectivity index (χ0) is 24.9. The number of likely N-dealkylation sites (N-methyl/N-ethyl adjacent to an activating group) is 2. The lowest BCUT2D eigenvalue weighted by atomic mass is 9.83. The maximum atomic E-state index is 12.5. The van der Waals surface area contributed by atoms with Crippen molar-refractivity contribution in [1.29, 1.82) is 0 Å². The lowest BCUT2D eigenvalue weighted by Gasteiger charge is -2.33. The number of carboxylic acid groups (broad SMARTS) is 2. The minimum absolute atomic E-state index is 0.0878. The summed E-state index contributed by atoms with van der Waals surface area (Å²) >= 11 is 0. The Bertz CT molecular complexity index is 621. The van der Waals surface area contributed by atoms with E-state index < -0.39 is 66.0 Å². The number of hydrogen-bond acceptors (Lipinski definition) is 9. The number of hydrogen-bond donors (Lipinski definition) is 3. The van der Waals surface area contributed by atoms with Crippen LogP contribution in [0.15, 0.2) is 0 Å². The van der Waals surface area contributed by atoms with Gasteiger partial charge in [-0.25, -0.2) is 0 Å². The van der Waals surface area contributed by atoms with Crippen molar-refractivity contribution in [2.45, 2.75) is 37.6 Å². The van der Waals surface area contributed by atoms with E-state index in [9.17, 15) is 44.7 Å². The van der Waals surface area contributed by atoms with Crippen LogP contribution in [0, 0.1) is 11.8 Å². The molecule has 0 saturated heterocycles. The van der Waals surface area contributed by atoms with Crippen molar-refractivity contribution in [2.24, 2.45) is 11.8 Å². The molecule has 0 heterocycles. The molecule has 4 atom stereocenters. The predicted molar refractivity (Wildman–Crippen MR) is 105 cm³/mol. The molecule has 31 heavy (non-hydrogen) atoms. The van der Waals surface area contributed by atoms with E-state index in [1.807, 2.05) is 0 Å². The van der Waals surface area contributed by atoms with Crippen molar-refractivity contribution in [3.05, 3.63) is 0 Å². The van der Waals surface area contributed by atoms with Gasteiger partial charge in [0, 0.05) is 12.8 Å². The SMILES string of the molecule is CC(O)(CC(=O)C(C(=O)[O-])C(O)C[N+](C)(C)C)CC(=O)C(C(=O)[O-])C(O)C[N+](C)(C)C. The number of aliphatic hydroxyl groups is 3. The Morgan fingerprint density at radius 1 is 0.742 bits per heavy atom. The maximum absolute atomic E-state index is 12.5. The third-order valence-electron chi connectivity index (χ3n) is 4.55. The van der Waals surface area contributed by atoms with Crippen LogP contribution in [-0.2, 0) is 19.2 Å². The molecule has 3 N–H and O–H groups in total. The summed E-state index contributed by atoms with van der Waals surface area (Å²) in [5.74, 6) is -9.62. The zero-order valence-corrected chi connectivity index (χ0v) is 19.3. The van der Waals surface area contributed by atoms with Gasteiger partial charge in [0.1, 0.15) is 36.9 Å². The highest BCUT2D eigenvalue weighted by molar-refractivity contribution is 6.00. The standard InChI is InChI=1S/C20H36N2O9/c1-20(31,8-12(23)16(18(27)28)14(25)10-21(2,3)4)9-13(24)17(19(29)30)15(26)11-22(5,6)7/h14-17,25-26,31H,8-11H2,1-7H3. The van der Waals surface area contributed by atoms with E-state index in [4.69, 9.17) is 0 Å². The highest BCUT2D eigenvalue weighted by Gasteiger charge is 2.39. The van der Waals surface area contributed by atoms with Gasteiger partial charge in [-0.1, -0.05) is 0 Å². The lowest BCUT2D eigenvalue weighted by Crippen LogP contribution is -2.53. The van der Waals surface area contributed by atoms with E-state index in [0.29, 0.717) is 0 Å². The molecule has 0 spiro atoms. The van der Waals surface area contributed by atoms with E-state index in [-0.39, 0.29) is 22.1 Å². The van der Waals surface area contributed by atoms with Gasteiger partial charge in [0.05, 0.1) is 71.7 Å². The first kappa shape index (κ1) is 29.1. The summed E-state index contributed by atoms with van der Waals surface area (Å²) in [5.41, 5.74) is -2.11. The molecule has 0 aromatic carbocycles. The van der Waals surface area contributed by atoms with Crippen molar-refractivity contribution >= 4 is 23.5 Å². The summed E-state index contributed by atoms with van der Waals surface area (Å²) < 4.78 is 0.315. The number of aliphatic hydroxyl groups excluding tert-OH is 2. The number of carbonyl (C=O) groups excluding carboxylic acids is 4. The number of carbonyl (C=O) groups is 4.